The van der Waals surface area contributed by atoms with Gasteiger partial charge in [0.2, 0.25) is 0 Å². The molecule has 0 radical (unpaired) electrons. The smallest absolute Gasteiger partial charge is 0.0464 e. The fourth-order valence-electron chi connectivity index (χ4n) is 4.96. The van der Waals surface area contributed by atoms with Crippen molar-refractivity contribution < 1.29 is 0 Å². The molecule has 0 amide bonds. The normalized spacial score (nSPS) is 12.1. The van der Waals surface area contributed by atoms with Crippen LogP contribution in [-0.2, 0) is 0 Å². The first-order valence-electron chi connectivity index (χ1n) is 14.3. The van der Waals surface area contributed by atoms with Crippen molar-refractivity contribution in [2.75, 3.05) is 9.80 Å². The largest absolute Gasteiger partial charge is 0.311 e. The third-order valence-electron chi connectivity index (χ3n) is 6.93. The zero-order chi connectivity index (χ0) is 29.9. The van der Waals surface area contributed by atoms with Gasteiger partial charge in [0.25, 0.3) is 0 Å². The lowest BCUT2D eigenvalue weighted by atomic mass is 10.0. The Bertz CT molecular complexity index is 1630. The molecule has 0 heterocycles. The Labute approximate surface area is 252 Å². The van der Waals surface area contributed by atoms with Gasteiger partial charge >= 0.3 is 0 Å². The van der Waals surface area contributed by atoms with Gasteiger partial charge in [-0.15, -0.1) is 0 Å². The quantitative estimate of drug-likeness (QED) is 0.172. The summed E-state index contributed by atoms with van der Waals surface area (Å²) in [4.78, 5) is 4.44. The predicted octanol–water partition coefficient (Wildman–Crippen LogP) is 11.4. The van der Waals surface area contributed by atoms with Crippen molar-refractivity contribution in [1.82, 2.24) is 0 Å². The molecule has 42 heavy (non-hydrogen) atoms. The molecule has 0 aromatic heterocycles. The average molecular weight is 549 g/mol. The third kappa shape index (κ3) is 7.35. The first-order valence-corrected chi connectivity index (χ1v) is 14.3. The van der Waals surface area contributed by atoms with Crippen LogP contribution < -0.4 is 9.80 Å². The maximum atomic E-state index is 4.45. The van der Waals surface area contributed by atoms with Crippen LogP contribution in [0.2, 0.25) is 0 Å². The summed E-state index contributed by atoms with van der Waals surface area (Å²) in [5, 5.41) is 0. The van der Waals surface area contributed by atoms with Crippen LogP contribution in [0.1, 0.15) is 30.5 Å². The summed E-state index contributed by atoms with van der Waals surface area (Å²) in [6, 6.07) is 36.3. The number of anilines is 4. The molecule has 0 aliphatic carbocycles. The van der Waals surface area contributed by atoms with Gasteiger partial charge in [0, 0.05) is 34.1 Å². The number of benzene rings is 4. The highest BCUT2D eigenvalue weighted by molar-refractivity contribution is 5.80. The summed E-state index contributed by atoms with van der Waals surface area (Å²) in [5.41, 5.74) is 11.0. The molecule has 0 saturated heterocycles. The number of aryl methyl sites for hydroxylation is 2. The van der Waals surface area contributed by atoms with Gasteiger partial charge in [-0.05, 0) is 117 Å². The maximum absolute atomic E-state index is 4.45. The van der Waals surface area contributed by atoms with Crippen LogP contribution in [0.25, 0.3) is 5.57 Å². The Kier molecular flexibility index (Phi) is 10.3. The molecule has 4 aromatic carbocycles. The van der Waals surface area contributed by atoms with Gasteiger partial charge in [0.15, 0.2) is 0 Å². The highest BCUT2D eigenvalue weighted by atomic mass is 15.2. The van der Waals surface area contributed by atoms with E-state index in [4.69, 9.17) is 0 Å². The van der Waals surface area contributed by atoms with Crippen LogP contribution in [0, 0.1) is 13.8 Å². The average Bonchev–Trinajstić information content (AvgIpc) is 2.99. The van der Waals surface area contributed by atoms with Gasteiger partial charge < -0.3 is 9.80 Å². The van der Waals surface area contributed by atoms with Crippen molar-refractivity contribution in [3.05, 3.63) is 187 Å². The number of para-hydroxylation sites is 1. The Hall–Kier alpha value is -5.08. The molecule has 2 heteroatoms. The molecule has 0 fully saturated rings. The molecule has 0 unspecified atom stereocenters. The van der Waals surface area contributed by atoms with Crippen molar-refractivity contribution in [1.29, 1.82) is 0 Å². The maximum Gasteiger partial charge on any atom is 0.0464 e. The first kappa shape index (κ1) is 29.9. The molecule has 0 bridgehead atoms. The van der Waals surface area contributed by atoms with E-state index in [1.54, 1.807) is 0 Å². The Balaban J connectivity index is 1.65. The fraction of sp³-hybridized carbons (Fsp3) is 0.100. The second-order valence-electron chi connectivity index (χ2n) is 10.1. The van der Waals surface area contributed by atoms with Gasteiger partial charge in [-0.1, -0.05) is 92.1 Å². The number of rotatable bonds is 11. The van der Waals surface area contributed by atoms with Crippen LogP contribution in [0.5, 0.6) is 0 Å². The zero-order valence-electron chi connectivity index (χ0n) is 25.2. The molecular formula is C40H40N2. The lowest BCUT2D eigenvalue weighted by Gasteiger charge is -2.27. The summed E-state index contributed by atoms with van der Waals surface area (Å²) in [7, 11) is 0. The Morgan fingerprint density at radius 1 is 0.643 bits per heavy atom. The van der Waals surface area contributed by atoms with Gasteiger partial charge in [-0.25, -0.2) is 0 Å². The van der Waals surface area contributed by atoms with Crippen LogP contribution in [0.3, 0.4) is 0 Å². The summed E-state index contributed by atoms with van der Waals surface area (Å²) in [6.07, 6.45) is 14.3. The molecule has 0 aliphatic rings. The zero-order valence-corrected chi connectivity index (χ0v) is 25.2. The van der Waals surface area contributed by atoms with Crippen molar-refractivity contribution in [3.63, 3.8) is 0 Å². The van der Waals surface area contributed by atoms with Gasteiger partial charge in [0.05, 0.1) is 0 Å². The van der Waals surface area contributed by atoms with Crippen LogP contribution >= 0.6 is 0 Å². The van der Waals surface area contributed by atoms with E-state index in [-0.39, 0.29) is 0 Å². The van der Waals surface area contributed by atoms with Crippen LogP contribution in [0.4, 0.5) is 22.7 Å². The van der Waals surface area contributed by atoms with Gasteiger partial charge in [-0.2, -0.15) is 0 Å². The second-order valence-corrected chi connectivity index (χ2v) is 10.1. The molecule has 0 atom stereocenters. The molecule has 0 aliphatic heterocycles. The molecular weight excluding hydrogens is 508 g/mol. The van der Waals surface area contributed by atoms with E-state index >= 15 is 0 Å². The van der Waals surface area contributed by atoms with E-state index in [1.165, 1.54) is 11.1 Å². The monoisotopic (exact) mass is 548 g/mol. The predicted molar refractivity (Wildman–Crippen MR) is 185 cm³/mol. The van der Waals surface area contributed by atoms with E-state index in [2.05, 4.69) is 165 Å². The van der Waals surface area contributed by atoms with Gasteiger partial charge in [-0.3, -0.25) is 0 Å². The lowest BCUT2D eigenvalue weighted by Crippen LogP contribution is -2.19. The minimum absolute atomic E-state index is 0.859. The standard InChI is InChI=1S/C40H40N2/c1-7-15-36(16-8-2)41(39-21-13-17-31(4)29-39)33(6)23-24-34(9-3)35-25-27-38(28-26-35)42(37-19-11-10-12-20-37)40-22-14-18-32(5)30-40/h7-30H,1,6H2,2-5H3/b16-8-,24-23-,34-9+,36-15+. The van der Waals surface area contributed by atoms with Crippen LogP contribution in [0.15, 0.2) is 170 Å². The van der Waals surface area contributed by atoms with Gasteiger partial charge in [0.1, 0.15) is 0 Å². The number of nitrogens with zero attached hydrogens (tertiary/aromatic N) is 2. The van der Waals surface area contributed by atoms with E-state index in [9.17, 15) is 0 Å². The van der Waals surface area contributed by atoms with Crippen molar-refractivity contribution in [2.24, 2.45) is 0 Å². The fourth-order valence-corrected chi connectivity index (χ4v) is 4.96. The van der Waals surface area contributed by atoms with E-state index in [0.717, 1.165) is 45.3 Å². The van der Waals surface area contributed by atoms with Crippen molar-refractivity contribution >= 4 is 28.3 Å². The summed E-state index contributed by atoms with van der Waals surface area (Å²) in [5.74, 6) is 0. The molecule has 0 saturated carbocycles. The second kappa shape index (κ2) is 14.5. The summed E-state index contributed by atoms with van der Waals surface area (Å²) >= 11 is 0. The van der Waals surface area contributed by atoms with Crippen LogP contribution in [-0.4, -0.2) is 0 Å². The highest BCUT2D eigenvalue weighted by Crippen LogP contribution is 2.35. The number of hydrogen-bond donors (Lipinski definition) is 0. The van der Waals surface area contributed by atoms with E-state index < -0.39 is 0 Å². The molecule has 4 aromatic rings. The molecule has 2 nitrogen and oxygen atoms in total. The summed E-state index contributed by atoms with van der Waals surface area (Å²) < 4.78 is 0. The first-order chi connectivity index (χ1) is 20.4. The lowest BCUT2D eigenvalue weighted by molar-refractivity contribution is 1.14. The number of allylic oxidation sites excluding steroid dienone is 8. The van der Waals surface area contributed by atoms with Crippen molar-refractivity contribution in [3.8, 4) is 0 Å². The van der Waals surface area contributed by atoms with Crippen molar-refractivity contribution in [2.45, 2.75) is 27.7 Å². The molecule has 4 rings (SSSR count). The Morgan fingerprint density at radius 3 is 1.83 bits per heavy atom. The Morgan fingerprint density at radius 2 is 1.24 bits per heavy atom. The highest BCUT2D eigenvalue weighted by Gasteiger charge is 2.14. The minimum Gasteiger partial charge on any atom is -0.311 e. The molecule has 210 valence electrons. The molecule has 0 spiro atoms. The molecule has 0 N–H and O–H groups in total. The topological polar surface area (TPSA) is 6.48 Å². The third-order valence-corrected chi connectivity index (χ3v) is 6.93. The van der Waals surface area contributed by atoms with E-state index in [1.807, 2.05) is 31.2 Å². The SMILES string of the molecule is C=C/C=C(\C=C/C)N(C(=C)/C=C\C(=C/C)c1ccc(N(c2ccccc2)c2cccc(C)c2)cc1)c1cccc(C)c1. The van der Waals surface area contributed by atoms with E-state index in [0.29, 0.717) is 0 Å². The summed E-state index contributed by atoms with van der Waals surface area (Å²) in [6.45, 7) is 16.7. The minimum atomic E-state index is 0.859. The number of hydrogen-bond acceptors (Lipinski definition) is 2.